The smallest absolute Gasteiger partial charge is 0.166 e. The third-order valence-electron chi connectivity index (χ3n) is 2.70. The van der Waals surface area contributed by atoms with E-state index >= 15 is 0 Å². The van der Waals surface area contributed by atoms with Crippen molar-refractivity contribution in [3.63, 3.8) is 0 Å². The molecule has 0 fully saturated rings. The third kappa shape index (κ3) is 1.73. The van der Waals surface area contributed by atoms with E-state index in [1.165, 1.54) is 17.5 Å². The van der Waals surface area contributed by atoms with Gasteiger partial charge in [0, 0.05) is 19.5 Å². The first-order chi connectivity index (χ1) is 6.81. The summed E-state index contributed by atoms with van der Waals surface area (Å²) in [6.45, 7) is 0.941. The molecule has 2 nitrogen and oxygen atoms in total. The molecule has 0 saturated heterocycles. The highest BCUT2D eigenvalue weighted by Crippen LogP contribution is 2.33. The summed E-state index contributed by atoms with van der Waals surface area (Å²) in [6.07, 6.45) is 1.18. The highest BCUT2D eigenvalue weighted by atomic mass is 32.1. The van der Waals surface area contributed by atoms with Crippen LogP contribution in [0.5, 0.6) is 0 Å². The molecule has 1 aliphatic carbocycles. The standard InChI is InChI=1S/C11H14N2S/c1-12-11(14)13-7-9-6-8-4-2-3-5-10(8)9/h2-5,9H,6-7H2,1H3,(H2,12,13,14). The predicted molar refractivity (Wildman–Crippen MR) is 62.5 cm³/mol. The maximum absolute atomic E-state index is 5.02. The van der Waals surface area contributed by atoms with Gasteiger partial charge in [-0.25, -0.2) is 0 Å². The van der Waals surface area contributed by atoms with Crippen LogP contribution >= 0.6 is 12.2 Å². The highest BCUT2D eigenvalue weighted by molar-refractivity contribution is 7.80. The molecule has 0 heterocycles. The number of benzene rings is 1. The van der Waals surface area contributed by atoms with Gasteiger partial charge in [-0.05, 0) is 29.8 Å². The zero-order valence-electron chi connectivity index (χ0n) is 8.21. The zero-order valence-corrected chi connectivity index (χ0v) is 9.03. The molecular formula is C11H14N2S. The monoisotopic (exact) mass is 206 g/mol. The van der Waals surface area contributed by atoms with E-state index in [1.807, 2.05) is 7.05 Å². The second-order valence-corrected chi connectivity index (χ2v) is 3.97. The maximum atomic E-state index is 5.02. The summed E-state index contributed by atoms with van der Waals surface area (Å²) >= 11 is 5.02. The molecule has 0 saturated carbocycles. The molecular weight excluding hydrogens is 192 g/mol. The van der Waals surface area contributed by atoms with Crippen molar-refractivity contribution in [3.05, 3.63) is 35.4 Å². The van der Waals surface area contributed by atoms with E-state index in [4.69, 9.17) is 12.2 Å². The van der Waals surface area contributed by atoms with Gasteiger partial charge in [0.2, 0.25) is 0 Å². The van der Waals surface area contributed by atoms with Gasteiger partial charge >= 0.3 is 0 Å². The summed E-state index contributed by atoms with van der Waals surface area (Å²) in [6, 6.07) is 8.60. The van der Waals surface area contributed by atoms with E-state index < -0.39 is 0 Å². The van der Waals surface area contributed by atoms with Gasteiger partial charge in [0.25, 0.3) is 0 Å². The van der Waals surface area contributed by atoms with Crippen LogP contribution in [0.4, 0.5) is 0 Å². The fourth-order valence-corrected chi connectivity index (χ4v) is 1.93. The summed E-state index contributed by atoms with van der Waals surface area (Å²) in [5.74, 6) is 0.637. The van der Waals surface area contributed by atoms with Crippen molar-refractivity contribution in [1.29, 1.82) is 0 Å². The number of rotatable bonds is 2. The van der Waals surface area contributed by atoms with E-state index in [2.05, 4.69) is 34.9 Å². The quantitative estimate of drug-likeness (QED) is 0.716. The number of hydrogen-bond donors (Lipinski definition) is 2. The van der Waals surface area contributed by atoms with E-state index in [0.717, 1.165) is 11.7 Å². The SMILES string of the molecule is CNC(=S)NCC1Cc2ccccc21. The minimum absolute atomic E-state index is 0.637. The number of hydrogen-bond acceptors (Lipinski definition) is 1. The first-order valence-corrected chi connectivity index (χ1v) is 5.25. The van der Waals surface area contributed by atoms with E-state index in [9.17, 15) is 0 Å². The van der Waals surface area contributed by atoms with Gasteiger partial charge < -0.3 is 10.6 Å². The summed E-state index contributed by atoms with van der Waals surface area (Å²) in [5.41, 5.74) is 2.95. The van der Waals surface area contributed by atoms with Gasteiger partial charge in [0.05, 0.1) is 0 Å². The minimum Gasteiger partial charge on any atom is -0.366 e. The van der Waals surface area contributed by atoms with Crippen molar-refractivity contribution in [3.8, 4) is 0 Å². The molecule has 0 bridgehead atoms. The minimum atomic E-state index is 0.637. The Morgan fingerprint density at radius 2 is 2.29 bits per heavy atom. The maximum Gasteiger partial charge on any atom is 0.166 e. The van der Waals surface area contributed by atoms with Crippen molar-refractivity contribution < 1.29 is 0 Å². The van der Waals surface area contributed by atoms with Crippen LogP contribution in [0.1, 0.15) is 17.0 Å². The normalized spacial score (nSPS) is 17.9. The first-order valence-electron chi connectivity index (χ1n) is 4.84. The fraction of sp³-hybridized carbons (Fsp3) is 0.364. The van der Waals surface area contributed by atoms with Crippen molar-refractivity contribution in [2.75, 3.05) is 13.6 Å². The number of nitrogens with one attached hydrogen (secondary N) is 2. The van der Waals surface area contributed by atoms with Gasteiger partial charge in [-0.1, -0.05) is 24.3 Å². The molecule has 2 N–H and O–H groups in total. The second kappa shape index (κ2) is 3.96. The summed E-state index contributed by atoms with van der Waals surface area (Å²) in [5, 5.41) is 6.84. The van der Waals surface area contributed by atoms with Crippen LogP contribution in [0.2, 0.25) is 0 Å². The Morgan fingerprint density at radius 3 is 3.00 bits per heavy atom. The zero-order chi connectivity index (χ0) is 9.97. The Kier molecular flexibility index (Phi) is 2.68. The van der Waals surface area contributed by atoms with Gasteiger partial charge in [-0.3, -0.25) is 0 Å². The van der Waals surface area contributed by atoms with Crippen LogP contribution in [-0.4, -0.2) is 18.7 Å². The molecule has 3 heteroatoms. The topological polar surface area (TPSA) is 24.1 Å². The lowest BCUT2D eigenvalue weighted by atomic mass is 9.78. The Hall–Kier alpha value is -1.09. The number of fused-ring (bicyclic) bond motifs is 1. The molecule has 1 unspecified atom stereocenters. The molecule has 0 aliphatic heterocycles. The van der Waals surface area contributed by atoms with E-state index in [0.29, 0.717) is 5.92 Å². The number of thiocarbonyl (C=S) groups is 1. The molecule has 0 spiro atoms. The van der Waals surface area contributed by atoms with E-state index in [1.54, 1.807) is 0 Å². The Bertz CT molecular complexity index is 349. The Balaban J connectivity index is 1.90. The van der Waals surface area contributed by atoms with Crippen molar-refractivity contribution in [2.45, 2.75) is 12.3 Å². The van der Waals surface area contributed by atoms with Gasteiger partial charge in [0.1, 0.15) is 0 Å². The van der Waals surface area contributed by atoms with Crippen molar-refractivity contribution in [1.82, 2.24) is 10.6 Å². The van der Waals surface area contributed by atoms with Gasteiger partial charge in [-0.2, -0.15) is 0 Å². The molecule has 2 rings (SSSR count). The van der Waals surface area contributed by atoms with Crippen molar-refractivity contribution in [2.24, 2.45) is 0 Å². The van der Waals surface area contributed by atoms with Crippen LogP contribution in [0, 0.1) is 0 Å². The van der Waals surface area contributed by atoms with Crippen LogP contribution in [0.3, 0.4) is 0 Å². The summed E-state index contributed by atoms with van der Waals surface area (Å²) < 4.78 is 0. The van der Waals surface area contributed by atoms with Crippen LogP contribution in [0.25, 0.3) is 0 Å². The third-order valence-corrected chi connectivity index (χ3v) is 3.05. The molecule has 0 radical (unpaired) electrons. The molecule has 0 aromatic heterocycles. The Morgan fingerprint density at radius 1 is 1.50 bits per heavy atom. The fourth-order valence-electron chi connectivity index (χ4n) is 1.85. The van der Waals surface area contributed by atoms with Crippen LogP contribution in [-0.2, 0) is 6.42 Å². The lowest BCUT2D eigenvalue weighted by Gasteiger charge is -2.30. The second-order valence-electron chi connectivity index (χ2n) is 3.56. The lowest BCUT2D eigenvalue weighted by molar-refractivity contribution is 0.589. The molecule has 14 heavy (non-hydrogen) atoms. The van der Waals surface area contributed by atoms with Crippen molar-refractivity contribution >= 4 is 17.3 Å². The average molecular weight is 206 g/mol. The Labute approximate surface area is 89.7 Å². The highest BCUT2D eigenvalue weighted by Gasteiger charge is 2.24. The molecule has 1 aromatic rings. The molecule has 1 aliphatic rings. The first kappa shape index (κ1) is 9.46. The molecule has 1 aromatic carbocycles. The van der Waals surface area contributed by atoms with Crippen LogP contribution < -0.4 is 10.6 Å². The molecule has 0 amide bonds. The molecule has 1 atom stereocenters. The summed E-state index contributed by atoms with van der Waals surface area (Å²) in [4.78, 5) is 0. The van der Waals surface area contributed by atoms with Crippen LogP contribution in [0.15, 0.2) is 24.3 Å². The molecule has 74 valence electrons. The van der Waals surface area contributed by atoms with Gasteiger partial charge in [0.15, 0.2) is 5.11 Å². The average Bonchev–Trinajstić information content (AvgIpc) is 2.19. The summed E-state index contributed by atoms with van der Waals surface area (Å²) in [7, 11) is 1.84. The predicted octanol–water partition coefficient (Wildman–Crippen LogP) is 1.42. The van der Waals surface area contributed by atoms with Gasteiger partial charge in [-0.15, -0.1) is 0 Å². The lowest BCUT2D eigenvalue weighted by Crippen LogP contribution is -2.37. The van der Waals surface area contributed by atoms with E-state index in [-0.39, 0.29) is 0 Å². The largest absolute Gasteiger partial charge is 0.366 e.